The van der Waals surface area contributed by atoms with Crippen LogP contribution in [0, 0.1) is 0 Å². The Morgan fingerprint density at radius 2 is 2.10 bits per heavy atom. The number of hydrogen-bond acceptors (Lipinski definition) is 5. The van der Waals surface area contributed by atoms with Crippen LogP contribution in [0.1, 0.15) is 12.0 Å². The van der Waals surface area contributed by atoms with Gasteiger partial charge in [0.1, 0.15) is 5.82 Å². The molecule has 1 aromatic carbocycles. The summed E-state index contributed by atoms with van der Waals surface area (Å²) in [5, 5.41) is 3.37. The second-order valence-electron chi connectivity index (χ2n) is 5.14. The van der Waals surface area contributed by atoms with Crippen LogP contribution in [0.25, 0.3) is 22.6 Å². The van der Waals surface area contributed by atoms with Crippen LogP contribution in [0.15, 0.2) is 23.0 Å². The van der Waals surface area contributed by atoms with Gasteiger partial charge in [-0.15, -0.1) is 0 Å². The molecule has 0 saturated carbocycles. The minimum absolute atomic E-state index is 0.0696. The van der Waals surface area contributed by atoms with Crippen molar-refractivity contribution in [3.63, 3.8) is 0 Å². The Kier molecular flexibility index (Phi) is 2.47. The van der Waals surface area contributed by atoms with Gasteiger partial charge in [0.15, 0.2) is 11.2 Å². The SMILES string of the molecule is Nc1nc2nc(-c3ccc4c(c3)CCCN4)[nH]c2c(=O)[nH]1. The summed E-state index contributed by atoms with van der Waals surface area (Å²) in [5.41, 5.74) is 9.27. The largest absolute Gasteiger partial charge is 0.385 e. The van der Waals surface area contributed by atoms with Crippen molar-refractivity contribution in [2.75, 3.05) is 17.6 Å². The Labute approximate surface area is 119 Å². The predicted octanol–water partition coefficient (Wildman–Crippen LogP) is 1.25. The maximum atomic E-state index is 11.8. The van der Waals surface area contributed by atoms with E-state index in [1.807, 2.05) is 12.1 Å². The standard InChI is InChI=1S/C14H14N6O/c15-14-19-12-10(13(21)20-14)17-11(18-12)8-3-4-9-7(6-8)2-1-5-16-9/h3-4,6,16H,1-2,5H2,(H4,15,17,18,19,20,21). The van der Waals surface area contributed by atoms with Crippen LogP contribution in [0.3, 0.4) is 0 Å². The van der Waals surface area contributed by atoms with Gasteiger partial charge in [-0.05, 0) is 36.6 Å². The number of nitrogens with one attached hydrogen (secondary N) is 3. The molecule has 0 spiro atoms. The summed E-state index contributed by atoms with van der Waals surface area (Å²) < 4.78 is 0. The zero-order chi connectivity index (χ0) is 14.4. The molecule has 106 valence electrons. The highest BCUT2D eigenvalue weighted by molar-refractivity contribution is 5.76. The quantitative estimate of drug-likeness (QED) is 0.536. The Bertz CT molecular complexity index is 894. The molecule has 2 aromatic heterocycles. The average molecular weight is 282 g/mol. The molecule has 7 nitrogen and oxygen atoms in total. The Balaban J connectivity index is 1.86. The molecule has 0 unspecified atom stereocenters. The minimum atomic E-state index is -0.309. The molecule has 3 aromatic rings. The molecule has 0 saturated heterocycles. The molecular weight excluding hydrogens is 268 g/mol. The van der Waals surface area contributed by atoms with E-state index < -0.39 is 0 Å². The van der Waals surface area contributed by atoms with Crippen LogP contribution in [-0.2, 0) is 6.42 Å². The summed E-state index contributed by atoms with van der Waals surface area (Å²) in [6.07, 6.45) is 2.16. The van der Waals surface area contributed by atoms with Gasteiger partial charge in [0.25, 0.3) is 5.56 Å². The first-order valence-electron chi connectivity index (χ1n) is 6.83. The third-order valence-corrected chi connectivity index (χ3v) is 3.70. The molecule has 0 bridgehead atoms. The highest BCUT2D eigenvalue weighted by Crippen LogP contribution is 2.27. The van der Waals surface area contributed by atoms with Crippen LogP contribution in [0.4, 0.5) is 11.6 Å². The molecular formula is C14H14N6O. The van der Waals surface area contributed by atoms with Gasteiger partial charge < -0.3 is 16.0 Å². The summed E-state index contributed by atoms with van der Waals surface area (Å²) in [7, 11) is 0. The average Bonchev–Trinajstić information content (AvgIpc) is 2.91. The first-order chi connectivity index (χ1) is 10.2. The summed E-state index contributed by atoms with van der Waals surface area (Å²) in [4.78, 5) is 25.7. The van der Waals surface area contributed by atoms with Crippen molar-refractivity contribution in [3.8, 4) is 11.4 Å². The maximum Gasteiger partial charge on any atom is 0.278 e. The van der Waals surface area contributed by atoms with Crippen molar-refractivity contribution in [3.05, 3.63) is 34.1 Å². The highest BCUT2D eigenvalue weighted by Gasteiger charge is 2.13. The third-order valence-electron chi connectivity index (χ3n) is 3.70. The smallest absolute Gasteiger partial charge is 0.278 e. The number of benzene rings is 1. The Hall–Kier alpha value is -2.83. The summed E-state index contributed by atoms with van der Waals surface area (Å²) in [6, 6.07) is 6.12. The zero-order valence-electron chi connectivity index (χ0n) is 11.2. The van der Waals surface area contributed by atoms with Crippen molar-refractivity contribution in [1.29, 1.82) is 0 Å². The summed E-state index contributed by atoms with van der Waals surface area (Å²) >= 11 is 0. The number of H-pyrrole nitrogens is 2. The molecule has 3 heterocycles. The molecule has 0 amide bonds. The molecule has 5 N–H and O–H groups in total. The number of rotatable bonds is 1. The third kappa shape index (κ3) is 1.94. The minimum Gasteiger partial charge on any atom is -0.385 e. The monoisotopic (exact) mass is 282 g/mol. The van der Waals surface area contributed by atoms with E-state index in [1.54, 1.807) is 0 Å². The highest BCUT2D eigenvalue weighted by atomic mass is 16.1. The molecule has 0 aliphatic carbocycles. The number of aromatic amines is 2. The number of fused-ring (bicyclic) bond motifs is 2. The van der Waals surface area contributed by atoms with Gasteiger partial charge in [0.2, 0.25) is 5.95 Å². The topological polar surface area (TPSA) is 112 Å². The van der Waals surface area contributed by atoms with Gasteiger partial charge in [-0.2, -0.15) is 4.98 Å². The van der Waals surface area contributed by atoms with E-state index >= 15 is 0 Å². The predicted molar refractivity (Wildman–Crippen MR) is 81.2 cm³/mol. The van der Waals surface area contributed by atoms with E-state index in [2.05, 4.69) is 31.3 Å². The van der Waals surface area contributed by atoms with E-state index in [1.165, 1.54) is 11.3 Å². The van der Waals surface area contributed by atoms with Gasteiger partial charge in [-0.25, -0.2) is 4.98 Å². The van der Waals surface area contributed by atoms with Crippen molar-refractivity contribution < 1.29 is 0 Å². The van der Waals surface area contributed by atoms with Gasteiger partial charge >= 0.3 is 0 Å². The van der Waals surface area contributed by atoms with Crippen LogP contribution < -0.4 is 16.6 Å². The fourth-order valence-electron chi connectivity index (χ4n) is 2.68. The lowest BCUT2D eigenvalue weighted by Gasteiger charge is -2.18. The number of anilines is 2. The molecule has 0 atom stereocenters. The van der Waals surface area contributed by atoms with Crippen molar-refractivity contribution in [2.45, 2.75) is 12.8 Å². The molecule has 0 fully saturated rings. The fraction of sp³-hybridized carbons (Fsp3) is 0.214. The molecule has 4 rings (SSSR count). The summed E-state index contributed by atoms with van der Waals surface area (Å²) in [5.74, 6) is 0.696. The van der Waals surface area contributed by atoms with E-state index in [0.717, 1.165) is 24.9 Å². The normalized spacial score (nSPS) is 13.9. The molecule has 7 heteroatoms. The van der Waals surface area contributed by atoms with E-state index in [0.29, 0.717) is 17.0 Å². The number of nitrogens with zero attached hydrogens (tertiary/aromatic N) is 2. The number of imidazole rings is 1. The van der Waals surface area contributed by atoms with E-state index in [-0.39, 0.29) is 11.5 Å². The number of nitrogens with two attached hydrogens (primary N) is 1. The second kappa shape index (κ2) is 4.34. The Morgan fingerprint density at radius 3 is 3.00 bits per heavy atom. The van der Waals surface area contributed by atoms with Gasteiger partial charge in [0, 0.05) is 17.8 Å². The van der Waals surface area contributed by atoms with Crippen molar-refractivity contribution in [1.82, 2.24) is 19.9 Å². The number of hydrogen-bond donors (Lipinski definition) is 4. The van der Waals surface area contributed by atoms with Crippen LogP contribution in [0.5, 0.6) is 0 Å². The maximum absolute atomic E-state index is 11.8. The number of aryl methyl sites for hydroxylation is 1. The van der Waals surface area contributed by atoms with Gasteiger partial charge in [-0.1, -0.05) is 0 Å². The Morgan fingerprint density at radius 1 is 1.19 bits per heavy atom. The first kappa shape index (κ1) is 12.0. The zero-order valence-corrected chi connectivity index (χ0v) is 11.2. The number of aromatic nitrogens is 4. The van der Waals surface area contributed by atoms with Crippen LogP contribution in [0.2, 0.25) is 0 Å². The van der Waals surface area contributed by atoms with E-state index in [4.69, 9.17) is 5.73 Å². The lowest BCUT2D eigenvalue weighted by atomic mass is 10.0. The van der Waals surface area contributed by atoms with Crippen LogP contribution in [-0.4, -0.2) is 26.5 Å². The lowest BCUT2D eigenvalue weighted by Crippen LogP contribution is -2.11. The lowest BCUT2D eigenvalue weighted by molar-refractivity contribution is 0.830. The molecule has 21 heavy (non-hydrogen) atoms. The van der Waals surface area contributed by atoms with Gasteiger partial charge in [-0.3, -0.25) is 9.78 Å². The van der Waals surface area contributed by atoms with Crippen molar-refractivity contribution >= 4 is 22.8 Å². The second-order valence-corrected chi connectivity index (χ2v) is 5.14. The summed E-state index contributed by atoms with van der Waals surface area (Å²) in [6.45, 7) is 1.01. The van der Waals surface area contributed by atoms with E-state index in [9.17, 15) is 4.79 Å². The van der Waals surface area contributed by atoms with Crippen molar-refractivity contribution in [2.24, 2.45) is 0 Å². The van der Waals surface area contributed by atoms with Crippen LogP contribution >= 0.6 is 0 Å². The van der Waals surface area contributed by atoms with Gasteiger partial charge in [0.05, 0.1) is 0 Å². The molecule has 1 aliphatic rings. The fourth-order valence-corrected chi connectivity index (χ4v) is 2.68. The number of nitrogen functional groups attached to an aromatic ring is 1. The molecule has 0 radical (unpaired) electrons. The first-order valence-corrected chi connectivity index (χ1v) is 6.83. The molecule has 1 aliphatic heterocycles.